The minimum Gasteiger partial charge on any atom is -0.302 e. The van der Waals surface area contributed by atoms with Gasteiger partial charge in [-0.25, -0.2) is 26.9 Å². The van der Waals surface area contributed by atoms with Gasteiger partial charge in [-0.05, 0) is 30.3 Å². The van der Waals surface area contributed by atoms with E-state index < -0.39 is 32.5 Å². The van der Waals surface area contributed by atoms with Gasteiger partial charge in [-0.2, -0.15) is 0 Å². The Balaban J connectivity index is 1.53. The summed E-state index contributed by atoms with van der Waals surface area (Å²) in [5.41, 5.74) is 1.46. The predicted molar refractivity (Wildman–Crippen MR) is 100 cm³/mol. The van der Waals surface area contributed by atoms with E-state index >= 15 is 0 Å². The zero-order valence-electron chi connectivity index (χ0n) is 14.2. The van der Waals surface area contributed by atoms with E-state index in [-0.39, 0.29) is 13.0 Å². The first-order chi connectivity index (χ1) is 13.3. The number of anilines is 1. The lowest BCUT2D eigenvalue weighted by Gasteiger charge is -2.07. The van der Waals surface area contributed by atoms with Crippen molar-refractivity contribution in [3.05, 3.63) is 59.7 Å². The lowest BCUT2D eigenvalue weighted by atomic mass is 10.2. The first-order valence-corrected chi connectivity index (χ1v) is 10.3. The van der Waals surface area contributed by atoms with Crippen LogP contribution < -0.4 is 10.0 Å². The summed E-state index contributed by atoms with van der Waals surface area (Å²) >= 11 is 1.22. The zero-order valence-corrected chi connectivity index (χ0v) is 15.9. The number of carbonyl (C=O) groups excluding carboxylic acids is 1. The van der Waals surface area contributed by atoms with E-state index in [2.05, 4.69) is 20.0 Å². The maximum Gasteiger partial charge on any atom is 0.240 e. The lowest BCUT2D eigenvalue weighted by Crippen LogP contribution is -2.28. The summed E-state index contributed by atoms with van der Waals surface area (Å²) in [7, 11) is -4.06. The highest BCUT2D eigenvalue weighted by molar-refractivity contribution is 7.89. The van der Waals surface area contributed by atoms with E-state index in [1.165, 1.54) is 11.3 Å². The first-order valence-electron chi connectivity index (χ1n) is 7.95. The van der Waals surface area contributed by atoms with Gasteiger partial charge in [0.25, 0.3) is 0 Å². The molecule has 1 aromatic carbocycles. The van der Waals surface area contributed by atoms with Crippen LogP contribution in [-0.2, 0) is 14.8 Å². The Hall–Kier alpha value is -2.76. The fourth-order valence-electron chi connectivity index (χ4n) is 2.19. The Kier molecular flexibility index (Phi) is 6.07. The van der Waals surface area contributed by atoms with Crippen LogP contribution in [0.25, 0.3) is 11.3 Å². The smallest absolute Gasteiger partial charge is 0.240 e. The molecule has 7 nitrogen and oxygen atoms in total. The Bertz CT molecular complexity index is 1090. The number of amides is 1. The molecule has 0 saturated heterocycles. The Morgan fingerprint density at radius 1 is 1.18 bits per heavy atom. The van der Waals surface area contributed by atoms with Gasteiger partial charge in [-0.1, -0.05) is 0 Å². The molecule has 1 amide bonds. The van der Waals surface area contributed by atoms with E-state index in [0.29, 0.717) is 16.9 Å². The molecule has 0 unspecified atom stereocenters. The molecular formula is C17H14F2N4O3S2. The second-order valence-corrected chi connectivity index (χ2v) is 8.18. The van der Waals surface area contributed by atoms with Gasteiger partial charge in [0.15, 0.2) is 16.8 Å². The van der Waals surface area contributed by atoms with Crippen LogP contribution in [0.15, 0.2) is 53.0 Å². The fourth-order valence-corrected chi connectivity index (χ4v) is 3.97. The van der Waals surface area contributed by atoms with Crippen molar-refractivity contribution in [1.82, 2.24) is 14.7 Å². The highest BCUT2D eigenvalue weighted by atomic mass is 32.2. The second-order valence-electron chi connectivity index (χ2n) is 5.55. The maximum atomic E-state index is 13.2. The van der Waals surface area contributed by atoms with Crippen LogP contribution in [0.1, 0.15) is 6.42 Å². The fraction of sp³-hybridized carbons (Fsp3) is 0.118. The zero-order chi connectivity index (χ0) is 20.1. The van der Waals surface area contributed by atoms with Gasteiger partial charge >= 0.3 is 0 Å². The molecule has 2 aromatic heterocycles. The third-order valence-corrected chi connectivity index (χ3v) is 5.77. The van der Waals surface area contributed by atoms with Crippen LogP contribution in [0.5, 0.6) is 0 Å². The number of aromatic nitrogens is 2. The van der Waals surface area contributed by atoms with Crippen molar-refractivity contribution in [1.29, 1.82) is 0 Å². The number of thiazole rings is 1. The van der Waals surface area contributed by atoms with Gasteiger partial charge in [-0.3, -0.25) is 9.78 Å². The highest BCUT2D eigenvalue weighted by Gasteiger charge is 2.17. The summed E-state index contributed by atoms with van der Waals surface area (Å²) in [6, 6.07) is 5.84. The standard InChI is InChI=1S/C17H14F2N4O3S2/c18-13-4-3-12(8-14(13)19)28(25,26)21-7-5-16(24)23-17-22-15(10-27-17)11-2-1-6-20-9-11/h1-4,6,8-10,21H,5,7H2,(H,22,23,24). The molecule has 11 heteroatoms. The van der Waals surface area contributed by atoms with Gasteiger partial charge in [0.2, 0.25) is 15.9 Å². The Morgan fingerprint density at radius 3 is 2.71 bits per heavy atom. The third kappa shape index (κ3) is 4.94. The van der Waals surface area contributed by atoms with Crippen molar-refractivity contribution < 1.29 is 22.0 Å². The number of nitrogens with zero attached hydrogens (tertiary/aromatic N) is 2. The van der Waals surface area contributed by atoms with Crippen molar-refractivity contribution in [2.75, 3.05) is 11.9 Å². The van der Waals surface area contributed by atoms with Crippen molar-refractivity contribution in [3.63, 3.8) is 0 Å². The van der Waals surface area contributed by atoms with Crippen LogP contribution in [-0.4, -0.2) is 30.8 Å². The molecule has 3 aromatic rings. The molecule has 0 aliphatic heterocycles. The number of hydrogen-bond acceptors (Lipinski definition) is 6. The molecule has 0 radical (unpaired) electrons. The summed E-state index contributed by atoms with van der Waals surface area (Å²) in [4.78, 5) is 19.8. The highest BCUT2D eigenvalue weighted by Crippen LogP contribution is 2.24. The van der Waals surface area contributed by atoms with Gasteiger partial charge in [0.1, 0.15) is 0 Å². The number of pyridine rings is 1. The monoisotopic (exact) mass is 424 g/mol. The summed E-state index contributed by atoms with van der Waals surface area (Å²) in [6.45, 7) is -0.214. The summed E-state index contributed by atoms with van der Waals surface area (Å²) < 4.78 is 52.4. The molecule has 0 aliphatic rings. The number of sulfonamides is 1. The molecule has 146 valence electrons. The molecule has 0 bridgehead atoms. The minimum absolute atomic E-state index is 0.162. The van der Waals surface area contributed by atoms with E-state index in [1.54, 1.807) is 23.8 Å². The van der Waals surface area contributed by atoms with Gasteiger partial charge in [-0.15, -0.1) is 11.3 Å². The minimum atomic E-state index is -4.06. The molecule has 0 atom stereocenters. The van der Waals surface area contributed by atoms with Crippen molar-refractivity contribution >= 4 is 32.4 Å². The SMILES string of the molecule is O=C(CCNS(=O)(=O)c1ccc(F)c(F)c1)Nc1nc(-c2cccnc2)cs1. The Labute approximate surface area is 163 Å². The number of carbonyl (C=O) groups is 1. The molecule has 2 heterocycles. The van der Waals surface area contributed by atoms with Gasteiger partial charge < -0.3 is 5.32 Å². The van der Waals surface area contributed by atoms with Crippen LogP contribution in [0.4, 0.5) is 13.9 Å². The molecule has 28 heavy (non-hydrogen) atoms. The molecular weight excluding hydrogens is 410 g/mol. The second kappa shape index (κ2) is 8.50. The molecule has 3 rings (SSSR count). The maximum absolute atomic E-state index is 13.2. The summed E-state index contributed by atoms with van der Waals surface area (Å²) in [5.74, 6) is -2.86. The van der Waals surface area contributed by atoms with Crippen LogP contribution in [0.3, 0.4) is 0 Å². The average Bonchev–Trinajstić information content (AvgIpc) is 3.13. The van der Waals surface area contributed by atoms with Crippen LogP contribution >= 0.6 is 11.3 Å². The molecule has 0 saturated carbocycles. The number of hydrogen-bond donors (Lipinski definition) is 2. The lowest BCUT2D eigenvalue weighted by molar-refractivity contribution is -0.116. The molecule has 0 spiro atoms. The number of benzene rings is 1. The molecule has 0 aliphatic carbocycles. The average molecular weight is 424 g/mol. The van der Waals surface area contributed by atoms with Crippen molar-refractivity contribution in [3.8, 4) is 11.3 Å². The van der Waals surface area contributed by atoms with Gasteiger partial charge in [0.05, 0.1) is 10.6 Å². The molecule has 2 N–H and O–H groups in total. The van der Waals surface area contributed by atoms with E-state index in [9.17, 15) is 22.0 Å². The Morgan fingerprint density at radius 2 is 2.00 bits per heavy atom. The molecule has 0 fully saturated rings. The van der Waals surface area contributed by atoms with Crippen LogP contribution in [0, 0.1) is 11.6 Å². The van der Waals surface area contributed by atoms with Crippen molar-refractivity contribution in [2.24, 2.45) is 0 Å². The quantitative estimate of drug-likeness (QED) is 0.607. The first kappa shape index (κ1) is 20.0. The largest absolute Gasteiger partial charge is 0.302 e. The topological polar surface area (TPSA) is 101 Å². The van der Waals surface area contributed by atoms with E-state index in [4.69, 9.17) is 0 Å². The summed E-state index contributed by atoms with van der Waals surface area (Å²) in [5, 5.41) is 4.71. The van der Waals surface area contributed by atoms with Gasteiger partial charge in [0, 0.05) is 36.3 Å². The number of nitrogens with one attached hydrogen (secondary N) is 2. The van der Waals surface area contributed by atoms with E-state index in [1.807, 2.05) is 6.07 Å². The van der Waals surface area contributed by atoms with E-state index in [0.717, 1.165) is 17.7 Å². The predicted octanol–water partition coefficient (Wildman–Crippen LogP) is 2.79. The number of rotatable bonds is 7. The third-order valence-electron chi connectivity index (χ3n) is 3.55. The normalized spacial score (nSPS) is 11.4. The number of halogens is 2. The summed E-state index contributed by atoms with van der Waals surface area (Å²) in [6.07, 6.45) is 3.12. The van der Waals surface area contributed by atoms with Crippen molar-refractivity contribution in [2.45, 2.75) is 11.3 Å². The van der Waals surface area contributed by atoms with Crippen LogP contribution in [0.2, 0.25) is 0 Å².